The number of ether oxygens (including phenoxy) is 4. The lowest BCUT2D eigenvalue weighted by Crippen LogP contribution is -2.29. The van der Waals surface area contributed by atoms with Gasteiger partial charge in [-0.15, -0.1) is 11.6 Å². The first-order chi connectivity index (χ1) is 19.4. The number of phenols is 1. The number of anilines is 1. The highest BCUT2D eigenvalue weighted by molar-refractivity contribution is 6.15. The Kier molecular flexibility index (Phi) is 11.6. The standard InChI is InChI=1S/C24H23N3O7.2C2H6.CH3Cl/c1-31-18-8-11-7-14(25-19(11)22(33-3)21(18)32-2)23(29)27-6-5-12-13-9-15(24(30)34-4)26-20(13)17(28)10-16(12)27;3*1-2/h7-10,25-26,28H,5-6H2,1-4H3;2*1-2H3;1H3. The van der Waals surface area contributed by atoms with Crippen molar-refractivity contribution in [3.63, 3.8) is 0 Å². The Balaban J connectivity index is 0.000000876. The van der Waals surface area contributed by atoms with E-state index in [2.05, 4.69) is 21.6 Å². The van der Waals surface area contributed by atoms with E-state index in [1.165, 1.54) is 40.9 Å². The Labute approximate surface area is 239 Å². The highest BCUT2D eigenvalue weighted by Gasteiger charge is 2.31. The van der Waals surface area contributed by atoms with E-state index >= 15 is 0 Å². The van der Waals surface area contributed by atoms with E-state index in [4.69, 9.17) is 18.9 Å². The molecular formula is C29H38ClN3O7. The van der Waals surface area contributed by atoms with Crippen LogP contribution >= 0.6 is 11.6 Å². The van der Waals surface area contributed by atoms with Crippen molar-refractivity contribution >= 4 is 51.0 Å². The Morgan fingerprint density at radius 2 is 1.48 bits per heavy atom. The number of amides is 1. The van der Waals surface area contributed by atoms with E-state index in [9.17, 15) is 14.7 Å². The molecule has 2 aromatic carbocycles. The number of aromatic nitrogens is 2. The van der Waals surface area contributed by atoms with E-state index in [0.717, 1.165) is 10.9 Å². The van der Waals surface area contributed by atoms with Crippen LogP contribution in [0, 0.1) is 0 Å². The summed E-state index contributed by atoms with van der Waals surface area (Å²) in [6, 6.07) is 6.67. The molecule has 0 atom stereocenters. The molecule has 3 N–H and O–H groups in total. The predicted octanol–water partition coefficient (Wildman–Crippen LogP) is 6.28. The molecule has 0 bridgehead atoms. The number of carbonyl (C=O) groups is 2. The molecule has 10 nitrogen and oxygen atoms in total. The summed E-state index contributed by atoms with van der Waals surface area (Å²) in [7, 11) is 5.85. The smallest absolute Gasteiger partial charge is 0.354 e. The summed E-state index contributed by atoms with van der Waals surface area (Å²) < 4.78 is 21.1. The van der Waals surface area contributed by atoms with Gasteiger partial charge in [-0.25, -0.2) is 4.79 Å². The fourth-order valence-corrected chi connectivity index (χ4v) is 4.60. The van der Waals surface area contributed by atoms with Crippen LogP contribution in [-0.2, 0) is 11.2 Å². The van der Waals surface area contributed by atoms with E-state index in [-0.39, 0.29) is 17.4 Å². The normalized spacial score (nSPS) is 11.3. The van der Waals surface area contributed by atoms with Gasteiger partial charge in [-0.2, -0.15) is 0 Å². The minimum Gasteiger partial charge on any atom is -0.506 e. The topological polar surface area (TPSA) is 126 Å². The Morgan fingerprint density at radius 1 is 0.850 bits per heavy atom. The molecule has 0 aliphatic carbocycles. The van der Waals surface area contributed by atoms with Crippen LogP contribution in [0.4, 0.5) is 5.69 Å². The second kappa shape index (κ2) is 14.4. The maximum Gasteiger partial charge on any atom is 0.354 e. The molecule has 1 amide bonds. The van der Waals surface area contributed by atoms with Crippen molar-refractivity contribution in [1.82, 2.24) is 9.97 Å². The Hall–Kier alpha value is -4.05. The van der Waals surface area contributed by atoms with Crippen LogP contribution in [-0.4, -0.2) is 68.3 Å². The summed E-state index contributed by atoms with van der Waals surface area (Å²) in [6.07, 6.45) is 2.04. The van der Waals surface area contributed by atoms with Gasteiger partial charge in [0.05, 0.1) is 45.2 Å². The van der Waals surface area contributed by atoms with Crippen molar-refractivity contribution < 1.29 is 33.6 Å². The largest absolute Gasteiger partial charge is 0.506 e. The maximum atomic E-state index is 13.5. The van der Waals surface area contributed by atoms with E-state index in [0.29, 0.717) is 58.0 Å². The first-order valence-electron chi connectivity index (χ1n) is 12.9. The number of rotatable bonds is 5. The van der Waals surface area contributed by atoms with Gasteiger partial charge in [-0.3, -0.25) is 4.79 Å². The number of aromatic hydroxyl groups is 1. The number of fused-ring (bicyclic) bond motifs is 4. The van der Waals surface area contributed by atoms with Gasteiger partial charge in [-0.1, -0.05) is 27.7 Å². The predicted molar refractivity (Wildman–Crippen MR) is 159 cm³/mol. The van der Waals surface area contributed by atoms with Crippen molar-refractivity contribution in [2.45, 2.75) is 34.1 Å². The van der Waals surface area contributed by atoms with Gasteiger partial charge in [0.1, 0.15) is 17.1 Å². The van der Waals surface area contributed by atoms with Gasteiger partial charge >= 0.3 is 5.97 Å². The highest BCUT2D eigenvalue weighted by Crippen LogP contribution is 2.44. The molecule has 0 spiro atoms. The number of H-pyrrole nitrogens is 2. The van der Waals surface area contributed by atoms with Crippen molar-refractivity contribution in [1.29, 1.82) is 0 Å². The number of aromatic amines is 2. The average Bonchev–Trinajstić information content (AvgIpc) is 3.75. The van der Waals surface area contributed by atoms with Gasteiger partial charge in [-0.05, 0) is 30.2 Å². The fraction of sp³-hybridized carbons (Fsp3) is 0.379. The first-order valence-corrected chi connectivity index (χ1v) is 13.6. The van der Waals surface area contributed by atoms with Crippen LogP contribution in [0.25, 0.3) is 21.8 Å². The Bertz CT molecular complexity index is 1480. The second-order valence-corrected chi connectivity index (χ2v) is 7.86. The number of esters is 1. The van der Waals surface area contributed by atoms with Gasteiger partial charge < -0.3 is 38.9 Å². The lowest BCUT2D eigenvalue weighted by molar-refractivity contribution is 0.0595. The van der Waals surface area contributed by atoms with E-state index in [1.807, 2.05) is 27.7 Å². The molecule has 0 unspecified atom stereocenters. The third-order valence-electron chi connectivity index (χ3n) is 6.16. The van der Waals surface area contributed by atoms with Gasteiger partial charge in [0.2, 0.25) is 5.75 Å². The zero-order chi connectivity index (χ0) is 30.1. The average molecular weight is 576 g/mol. The molecule has 5 rings (SSSR count). The summed E-state index contributed by atoms with van der Waals surface area (Å²) in [5.41, 5.74) is 3.07. The number of alkyl halides is 1. The lowest BCUT2D eigenvalue weighted by Gasteiger charge is -2.17. The number of nitrogens with zero attached hydrogens (tertiary/aromatic N) is 1. The third-order valence-corrected chi connectivity index (χ3v) is 6.16. The molecule has 0 saturated heterocycles. The van der Waals surface area contributed by atoms with Crippen molar-refractivity contribution in [3.05, 3.63) is 41.2 Å². The molecule has 218 valence electrons. The number of phenolic OH excluding ortho intramolecular Hbond substituents is 1. The molecule has 1 aliphatic heterocycles. The number of hydrogen-bond acceptors (Lipinski definition) is 7. The molecule has 0 fully saturated rings. The number of nitrogens with one attached hydrogen (secondary N) is 2. The van der Waals surface area contributed by atoms with E-state index < -0.39 is 5.97 Å². The van der Waals surface area contributed by atoms with Crippen LogP contribution < -0.4 is 19.1 Å². The van der Waals surface area contributed by atoms with Crippen LogP contribution in [0.3, 0.4) is 0 Å². The molecule has 4 aromatic rings. The molecule has 40 heavy (non-hydrogen) atoms. The monoisotopic (exact) mass is 575 g/mol. The third kappa shape index (κ3) is 5.62. The van der Waals surface area contributed by atoms with Crippen LogP contribution in [0.2, 0.25) is 0 Å². The zero-order valence-corrected chi connectivity index (χ0v) is 25.2. The van der Waals surface area contributed by atoms with Gasteiger partial charge in [0, 0.05) is 29.8 Å². The molecule has 11 heteroatoms. The summed E-state index contributed by atoms with van der Waals surface area (Å²) in [5, 5.41) is 12.0. The summed E-state index contributed by atoms with van der Waals surface area (Å²) >= 11 is 4.64. The summed E-state index contributed by atoms with van der Waals surface area (Å²) in [5.74, 6) is 0.477. The van der Waals surface area contributed by atoms with Crippen molar-refractivity contribution in [2.24, 2.45) is 0 Å². The second-order valence-electron chi connectivity index (χ2n) is 7.86. The number of halogens is 1. The zero-order valence-electron chi connectivity index (χ0n) is 24.4. The summed E-state index contributed by atoms with van der Waals surface area (Å²) in [6.45, 7) is 8.42. The number of carbonyl (C=O) groups excluding carboxylic acids is 2. The maximum absolute atomic E-state index is 13.5. The van der Waals surface area contributed by atoms with Gasteiger partial charge in [0.15, 0.2) is 11.5 Å². The highest BCUT2D eigenvalue weighted by atomic mass is 35.5. The fourth-order valence-electron chi connectivity index (χ4n) is 4.60. The molecule has 3 heterocycles. The minimum absolute atomic E-state index is 0.0589. The molecule has 1 aliphatic rings. The Morgan fingerprint density at radius 3 is 2.05 bits per heavy atom. The molecular weight excluding hydrogens is 538 g/mol. The van der Waals surface area contributed by atoms with Crippen LogP contribution in [0.1, 0.15) is 54.2 Å². The first kappa shape index (κ1) is 32.2. The molecule has 0 radical (unpaired) electrons. The van der Waals surface area contributed by atoms with Crippen molar-refractivity contribution in [2.75, 3.05) is 46.3 Å². The minimum atomic E-state index is -0.534. The van der Waals surface area contributed by atoms with Gasteiger partial charge in [0.25, 0.3) is 5.91 Å². The van der Waals surface area contributed by atoms with Crippen LogP contribution in [0.15, 0.2) is 24.3 Å². The number of methoxy groups -OCH3 is 4. The molecule has 0 saturated carbocycles. The molecule has 2 aromatic heterocycles. The summed E-state index contributed by atoms with van der Waals surface area (Å²) in [4.78, 5) is 33.1. The van der Waals surface area contributed by atoms with Crippen molar-refractivity contribution in [3.8, 4) is 23.0 Å². The van der Waals surface area contributed by atoms with E-state index in [1.54, 1.807) is 23.1 Å². The SMILES string of the molecule is CC.CC.CCl.COC(=O)c1cc2c3c(cc(O)c2[nH]1)N(C(=O)c1cc2cc(OC)c(OC)c(OC)c2[nH]1)CC3. The number of hydrogen-bond donors (Lipinski definition) is 3. The lowest BCUT2D eigenvalue weighted by atomic mass is 10.1. The number of benzene rings is 2. The van der Waals surface area contributed by atoms with Crippen LogP contribution in [0.5, 0.6) is 23.0 Å². The quantitative estimate of drug-likeness (QED) is 0.189.